The molecule has 4 nitrogen and oxygen atoms in total. The summed E-state index contributed by atoms with van der Waals surface area (Å²) in [4.78, 5) is 15.0. The van der Waals surface area contributed by atoms with Crippen molar-refractivity contribution in [1.29, 1.82) is 0 Å². The number of hydrogen-bond acceptors (Lipinski definition) is 3. The summed E-state index contributed by atoms with van der Waals surface area (Å²) in [6, 6.07) is 9.82. The maximum Gasteiger partial charge on any atom is 0.159 e. The van der Waals surface area contributed by atoms with Gasteiger partial charge < -0.3 is 9.88 Å². The molecule has 110 valence electrons. The number of aromatic nitrogens is 3. The van der Waals surface area contributed by atoms with Crippen molar-refractivity contribution in [2.24, 2.45) is 0 Å². The summed E-state index contributed by atoms with van der Waals surface area (Å²) < 4.78 is 0. The van der Waals surface area contributed by atoms with Crippen LogP contribution in [0.1, 0.15) is 5.82 Å². The first-order valence-corrected chi connectivity index (χ1v) is 7.62. The summed E-state index contributed by atoms with van der Waals surface area (Å²) >= 11 is 6.09. The summed E-state index contributed by atoms with van der Waals surface area (Å²) in [5.74, 6) is 1.82. The molecule has 0 aromatic heterocycles. The normalized spacial score (nSPS) is 14.2. The van der Waals surface area contributed by atoms with E-state index in [1.807, 2.05) is 31.2 Å². The molecule has 3 heterocycles. The van der Waals surface area contributed by atoms with Crippen LogP contribution in [0.3, 0.4) is 0 Å². The third-order valence-electron chi connectivity index (χ3n) is 3.81. The van der Waals surface area contributed by atoms with E-state index in [0.717, 1.165) is 47.4 Å². The first kappa shape index (κ1) is 13.3. The molecule has 4 rings (SSSR count). The van der Waals surface area contributed by atoms with E-state index in [2.05, 4.69) is 33.1 Å². The van der Waals surface area contributed by atoms with E-state index in [9.17, 15) is 0 Å². The second kappa shape index (κ2) is 5.14. The second-order valence-electron chi connectivity index (χ2n) is 5.44. The van der Waals surface area contributed by atoms with Gasteiger partial charge in [-0.1, -0.05) is 35.9 Å². The van der Waals surface area contributed by atoms with Crippen LogP contribution in [0, 0.1) is 6.92 Å². The minimum atomic E-state index is 0.715. The Kier molecular flexibility index (Phi) is 3.12. The first-order chi connectivity index (χ1) is 10.7. The van der Waals surface area contributed by atoms with Gasteiger partial charge in [-0.05, 0) is 25.1 Å². The van der Waals surface area contributed by atoms with Crippen molar-refractivity contribution >= 4 is 17.4 Å². The van der Waals surface area contributed by atoms with Gasteiger partial charge >= 0.3 is 0 Å². The van der Waals surface area contributed by atoms with Crippen molar-refractivity contribution in [1.82, 2.24) is 15.0 Å². The van der Waals surface area contributed by atoms with E-state index >= 15 is 0 Å². The summed E-state index contributed by atoms with van der Waals surface area (Å²) in [7, 11) is 0. The van der Waals surface area contributed by atoms with Gasteiger partial charge in [0.2, 0.25) is 0 Å². The van der Waals surface area contributed by atoms with Crippen LogP contribution in [0.4, 0.5) is 5.82 Å². The van der Waals surface area contributed by atoms with Gasteiger partial charge in [0.05, 0.1) is 11.4 Å². The molecule has 5 heteroatoms. The number of halogens is 1. The third-order valence-corrected chi connectivity index (χ3v) is 4.04. The highest BCUT2D eigenvalue weighted by Gasteiger charge is 2.21. The van der Waals surface area contributed by atoms with Crippen molar-refractivity contribution in [2.45, 2.75) is 6.92 Å². The topological polar surface area (TPSA) is 44.8 Å². The summed E-state index contributed by atoms with van der Waals surface area (Å²) in [5, 5.41) is 0.715. The molecule has 0 amide bonds. The second-order valence-corrected chi connectivity index (χ2v) is 5.87. The van der Waals surface area contributed by atoms with Gasteiger partial charge in [-0.2, -0.15) is 0 Å². The number of anilines is 1. The molecular formula is C17H15ClN4. The number of fused-ring (bicyclic) bond motifs is 1. The molecule has 0 atom stereocenters. The molecule has 0 radical (unpaired) electrons. The van der Waals surface area contributed by atoms with Crippen LogP contribution in [0.25, 0.3) is 22.6 Å². The number of aryl methyl sites for hydroxylation is 1. The lowest BCUT2D eigenvalue weighted by molar-refractivity contribution is 0.929. The van der Waals surface area contributed by atoms with Gasteiger partial charge in [-0.15, -0.1) is 0 Å². The van der Waals surface area contributed by atoms with Crippen LogP contribution >= 0.6 is 11.6 Å². The van der Waals surface area contributed by atoms with E-state index in [4.69, 9.17) is 16.6 Å². The lowest BCUT2D eigenvalue weighted by Gasteiger charge is -2.19. The Balaban J connectivity index is 1.86. The van der Waals surface area contributed by atoms with E-state index in [-0.39, 0.29) is 0 Å². The predicted molar refractivity (Wildman–Crippen MR) is 89.5 cm³/mol. The van der Waals surface area contributed by atoms with Gasteiger partial charge in [-0.3, -0.25) is 0 Å². The molecule has 1 aromatic rings. The monoisotopic (exact) mass is 310 g/mol. The number of nitrogens with zero attached hydrogens (tertiary/aromatic N) is 3. The molecule has 0 saturated carbocycles. The van der Waals surface area contributed by atoms with E-state index in [0.29, 0.717) is 5.02 Å². The van der Waals surface area contributed by atoms with E-state index < -0.39 is 0 Å². The number of H-pyrrole nitrogens is 1. The van der Waals surface area contributed by atoms with Crippen molar-refractivity contribution < 1.29 is 0 Å². The van der Waals surface area contributed by atoms with Crippen LogP contribution in [0.2, 0.25) is 5.02 Å². The molecule has 0 bridgehead atoms. The molecule has 1 aromatic carbocycles. The highest BCUT2D eigenvalue weighted by atomic mass is 35.5. The van der Waals surface area contributed by atoms with Crippen LogP contribution in [0.5, 0.6) is 0 Å². The molecule has 1 N–H and O–H groups in total. The Labute approximate surface area is 133 Å². The number of nitrogens with one attached hydrogen (secondary N) is 1. The molecule has 0 spiro atoms. The summed E-state index contributed by atoms with van der Waals surface area (Å²) in [5.41, 5.74) is 3.84. The zero-order chi connectivity index (χ0) is 15.1. The fourth-order valence-electron chi connectivity index (χ4n) is 2.79. The molecule has 0 unspecified atom stereocenters. The molecule has 0 aliphatic carbocycles. The van der Waals surface area contributed by atoms with Crippen LogP contribution in [-0.2, 0) is 0 Å². The zero-order valence-electron chi connectivity index (χ0n) is 12.2. The first-order valence-electron chi connectivity index (χ1n) is 7.24. The van der Waals surface area contributed by atoms with Crippen molar-refractivity contribution in [3.8, 4) is 22.6 Å². The predicted octanol–water partition coefficient (Wildman–Crippen LogP) is 3.91. The highest BCUT2D eigenvalue weighted by Crippen LogP contribution is 2.34. The van der Waals surface area contributed by atoms with Crippen molar-refractivity contribution in [3.05, 3.63) is 53.3 Å². The van der Waals surface area contributed by atoms with Crippen molar-refractivity contribution in [3.63, 3.8) is 0 Å². The van der Waals surface area contributed by atoms with Gasteiger partial charge in [-0.25, -0.2) is 9.97 Å². The van der Waals surface area contributed by atoms with Gasteiger partial charge in [0.25, 0.3) is 0 Å². The fourth-order valence-corrected chi connectivity index (χ4v) is 2.98. The van der Waals surface area contributed by atoms with E-state index in [1.165, 1.54) is 0 Å². The van der Waals surface area contributed by atoms with Crippen LogP contribution in [0.15, 0.2) is 42.5 Å². The van der Waals surface area contributed by atoms with Crippen LogP contribution < -0.4 is 4.90 Å². The maximum absolute atomic E-state index is 6.09. The van der Waals surface area contributed by atoms with Crippen LogP contribution in [-0.4, -0.2) is 28.0 Å². The molecule has 3 aliphatic heterocycles. The number of aromatic amines is 1. The molecule has 22 heavy (non-hydrogen) atoms. The third kappa shape index (κ3) is 2.25. The minimum Gasteiger partial charge on any atom is -0.347 e. The number of hydrogen-bond donors (Lipinski definition) is 1. The zero-order valence-corrected chi connectivity index (χ0v) is 12.9. The standard InChI is InChI=1S/C17H15ClN4/c1-11-19-15-10-14(12-5-4-6-13(18)9-12)21-16(15)17(20-11)22-7-2-3-8-22/h2-6,9-10H,7-8H2,1H3,(H,19,20). The molecule has 0 saturated heterocycles. The quantitative estimate of drug-likeness (QED) is 0.730. The van der Waals surface area contributed by atoms with Gasteiger partial charge in [0, 0.05) is 23.7 Å². The summed E-state index contributed by atoms with van der Waals surface area (Å²) in [6.07, 6.45) is 4.31. The molecular weight excluding hydrogens is 296 g/mol. The average molecular weight is 311 g/mol. The Bertz CT molecular complexity index is 829. The average Bonchev–Trinajstić information content (AvgIpc) is 3.15. The lowest BCUT2D eigenvalue weighted by atomic mass is 10.1. The lowest BCUT2D eigenvalue weighted by Crippen LogP contribution is -2.21. The molecule has 0 fully saturated rings. The fraction of sp³-hybridized carbons (Fsp3) is 0.176. The van der Waals surface area contributed by atoms with Crippen molar-refractivity contribution in [2.75, 3.05) is 18.0 Å². The van der Waals surface area contributed by atoms with Gasteiger partial charge in [0.1, 0.15) is 11.5 Å². The smallest absolute Gasteiger partial charge is 0.159 e. The number of benzene rings is 1. The Morgan fingerprint density at radius 1 is 1.14 bits per heavy atom. The largest absolute Gasteiger partial charge is 0.347 e. The van der Waals surface area contributed by atoms with E-state index in [1.54, 1.807) is 0 Å². The minimum absolute atomic E-state index is 0.715. The Hall–Kier alpha value is -2.33. The Morgan fingerprint density at radius 2 is 1.95 bits per heavy atom. The number of rotatable bonds is 2. The Morgan fingerprint density at radius 3 is 2.73 bits per heavy atom. The van der Waals surface area contributed by atoms with Gasteiger partial charge in [0.15, 0.2) is 5.82 Å². The highest BCUT2D eigenvalue weighted by molar-refractivity contribution is 6.30. The SMILES string of the molecule is Cc1nc(N2CC=CC2)c2nc(-c3cccc(Cl)c3)cc-2[nH]1. The summed E-state index contributed by atoms with van der Waals surface area (Å²) in [6.45, 7) is 3.73. The maximum atomic E-state index is 6.09. The molecule has 3 aliphatic rings.